The first-order valence-electron chi connectivity index (χ1n) is 13.5. The normalized spacial score (nSPS) is 42.5. The van der Waals surface area contributed by atoms with Crippen molar-refractivity contribution in [3.05, 3.63) is 29.8 Å². The van der Waals surface area contributed by atoms with Gasteiger partial charge >= 0.3 is 6.18 Å². The predicted molar refractivity (Wildman–Crippen MR) is 129 cm³/mol. The summed E-state index contributed by atoms with van der Waals surface area (Å²) in [5.41, 5.74) is -1.65. The Kier molecular flexibility index (Phi) is 6.46. The Bertz CT molecular complexity index is 1180. The minimum atomic E-state index is -4.61. The summed E-state index contributed by atoms with van der Waals surface area (Å²) in [6.45, 7) is 7.40. The minimum absolute atomic E-state index is 0.0857. The molecule has 8 atom stereocenters. The van der Waals surface area contributed by atoms with Gasteiger partial charge in [0.25, 0.3) is 0 Å². The Balaban J connectivity index is 1.20. The van der Waals surface area contributed by atoms with Gasteiger partial charge in [-0.3, -0.25) is 4.90 Å². The van der Waals surface area contributed by atoms with E-state index in [1.54, 1.807) is 0 Å². The molecule has 0 N–H and O–H groups in total. The number of nitrogens with zero attached hydrogens (tertiary/aromatic N) is 2. The van der Waals surface area contributed by atoms with E-state index in [1.807, 2.05) is 6.92 Å². The summed E-state index contributed by atoms with van der Waals surface area (Å²) in [5, 5.41) is 0. The molecule has 1 spiro atoms. The van der Waals surface area contributed by atoms with Crippen LogP contribution in [-0.4, -0.2) is 67.7 Å². The summed E-state index contributed by atoms with van der Waals surface area (Å²) in [4.78, 5) is 13.9. The van der Waals surface area contributed by atoms with Crippen LogP contribution >= 0.6 is 0 Å². The van der Waals surface area contributed by atoms with Crippen molar-refractivity contribution in [1.82, 2.24) is 9.21 Å². The van der Waals surface area contributed by atoms with Gasteiger partial charge < -0.3 is 9.47 Å². The van der Waals surface area contributed by atoms with Gasteiger partial charge in [0.05, 0.1) is 10.5 Å². The Morgan fingerprint density at radius 1 is 1.00 bits per heavy atom. The standard InChI is InChI=1S/C26H35F3N2O6S/c1-16-7-8-21-17(2)22(34-23-25(21)20(16)9-10-24(3,35-23)36-37-25)30-11-13-31(14-12-30)38(32,33)19-6-4-5-18(15-19)26(27,28)29/h4-6,15-17,20-23H,7-14H2,1-3H3/t16-,17-,20+,21+,22-,23-,24+,25-/m1/s1. The number of alkyl halides is 3. The lowest BCUT2D eigenvalue weighted by Crippen LogP contribution is -2.72. The Morgan fingerprint density at radius 2 is 1.74 bits per heavy atom. The number of hydrogen-bond donors (Lipinski definition) is 0. The number of ether oxygens (including phenoxy) is 2. The van der Waals surface area contributed by atoms with E-state index in [-0.39, 0.29) is 42.0 Å². The molecule has 5 heterocycles. The van der Waals surface area contributed by atoms with E-state index in [1.165, 1.54) is 10.4 Å². The maximum absolute atomic E-state index is 13.2. The average molecular weight is 561 g/mol. The quantitative estimate of drug-likeness (QED) is 0.513. The van der Waals surface area contributed by atoms with E-state index < -0.39 is 39.4 Å². The highest BCUT2D eigenvalue weighted by Gasteiger charge is 2.69. The van der Waals surface area contributed by atoms with E-state index in [0.29, 0.717) is 25.1 Å². The van der Waals surface area contributed by atoms with Crippen LogP contribution in [0, 0.1) is 23.7 Å². The summed E-state index contributed by atoms with van der Waals surface area (Å²) < 4.78 is 80.2. The fourth-order valence-corrected chi connectivity index (χ4v) is 8.95. The lowest BCUT2D eigenvalue weighted by Gasteiger charge is -2.61. The van der Waals surface area contributed by atoms with Crippen LogP contribution in [-0.2, 0) is 35.4 Å². The molecule has 2 bridgehead atoms. The molecule has 7 rings (SSSR count). The first kappa shape index (κ1) is 26.9. The zero-order chi connectivity index (χ0) is 27.1. The second kappa shape index (κ2) is 9.12. The molecule has 8 nitrogen and oxygen atoms in total. The fraction of sp³-hybridized carbons (Fsp3) is 0.769. The van der Waals surface area contributed by atoms with Gasteiger partial charge in [-0.05, 0) is 56.2 Å². The van der Waals surface area contributed by atoms with Crippen LogP contribution in [0.15, 0.2) is 29.2 Å². The Hall–Kier alpha value is -1.28. The zero-order valence-electron chi connectivity index (χ0n) is 21.8. The van der Waals surface area contributed by atoms with Gasteiger partial charge in [0, 0.05) is 44.4 Å². The smallest absolute Gasteiger partial charge is 0.331 e. The van der Waals surface area contributed by atoms with Crippen LogP contribution < -0.4 is 0 Å². The van der Waals surface area contributed by atoms with Crippen molar-refractivity contribution in [2.75, 3.05) is 26.2 Å². The van der Waals surface area contributed by atoms with Crippen molar-refractivity contribution < 1.29 is 40.8 Å². The average Bonchev–Trinajstić information content (AvgIpc) is 3.11. The van der Waals surface area contributed by atoms with Crippen LogP contribution in [0.1, 0.15) is 52.0 Å². The van der Waals surface area contributed by atoms with Crippen LogP contribution in [0.25, 0.3) is 0 Å². The van der Waals surface area contributed by atoms with Crippen molar-refractivity contribution in [1.29, 1.82) is 0 Å². The number of benzene rings is 1. The summed E-state index contributed by atoms with van der Waals surface area (Å²) in [6, 6.07) is 3.92. The number of hydrogen-bond acceptors (Lipinski definition) is 7. The molecule has 0 amide bonds. The molecule has 1 saturated carbocycles. The first-order chi connectivity index (χ1) is 17.8. The number of piperazine rings is 1. The van der Waals surface area contributed by atoms with E-state index in [2.05, 4.69) is 18.7 Å². The SMILES string of the molecule is C[C@H]1[C@H](N2CCN(S(=O)(=O)c3cccc(C(F)(F)F)c3)CC2)O[C@@H]2O[C@]3(C)CC[C@H]4[C@H](C)CC[C@@H]1[C@@]24OO3. The summed E-state index contributed by atoms with van der Waals surface area (Å²) in [6.07, 6.45) is -1.79. The molecule has 0 aromatic heterocycles. The number of halogens is 3. The van der Waals surface area contributed by atoms with Crippen molar-refractivity contribution in [2.24, 2.45) is 23.7 Å². The zero-order valence-corrected chi connectivity index (χ0v) is 22.6. The maximum Gasteiger partial charge on any atom is 0.416 e. The van der Waals surface area contributed by atoms with Gasteiger partial charge in [0.15, 0.2) is 11.9 Å². The largest absolute Gasteiger partial charge is 0.416 e. The van der Waals surface area contributed by atoms with E-state index in [4.69, 9.17) is 19.2 Å². The lowest BCUT2D eigenvalue weighted by molar-refractivity contribution is -0.574. The van der Waals surface area contributed by atoms with E-state index >= 15 is 0 Å². The molecule has 1 aromatic carbocycles. The molecule has 5 aliphatic heterocycles. The van der Waals surface area contributed by atoms with Gasteiger partial charge in [-0.15, -0.1) is 0 Å². The van der Waals surface area contributed by atoms with Gasteiger partial charge in [-0.25, -0.2) is 18.2 Å². The summed E-state index contributed by atoms with van der Waals surface area (Å²) in [7, 11) is -4.07. The van der Waals surface area contributed by atoms with Gasteiger partial charge in [0.1, 0.15) is 6.23 Å². The Labute approximate surface area is 221 Å². The van der Waals surface area contributed by atoms with Crippen LogP contribution in [0.5, 0.6) is 0 Å². The van der Waals surface area contributed by atoms with Crippen molar-refractivity contribution >= 4 is 10.0 Å². The molecule has 5 saturated heterocycles. The summed E-state index contributed by atoms with van der Waals surface area (Å²) in [5.74, 6) is 0.0803. The molecule has 1 aromatic rings. The molecule has 0 unspecified atom stereocenters. The van der Waals surface area contributed by atoms with Crippen molar-refractivity contribution in [3.63, 3.8) is 0 Å². The third-order valence-corrected chi connectivity index (χ3v) is 11.4. The fourth-order valence-electron chi connectivity index (χ4n) is 7.48. The molecule has 1 aliphatic carbocycles. The number of fused-ring (bicyclic) bond motifs is 2. The van der Waals surface area contributed by atoms with Crippen molar-refractivity contribution in [3.8, 4) is 0 Å². The van der Waals surface area contributed by atoms with Crippen LogP contribution in [0.4, 0.5) is 13.2 Å². The molecule has 0 radical (unpaired) electrons. The lowest BCUT2D eigenvalue weighted by atomic mass is 9.58. The molecular formula is C26H35F3N2O6S. The third-order valence-electron chi connectivity index (χ3n) is 9.56. The topological polar surface area (TPSA) is 77.5 Å². The highest BCUT2D eigenvalue weighted by Crippen LogP contribution is 2.60. The Morgan fingerprint density at radius 3 is 2.45 bits per heavy atom. The molecule has 6 aliphatic rings. The van der Waals surface area contributed by atoms with Crippen molar-refractivity contribution in [2.45, 2.75) is 81.4 Å². The van der Waals surface area contributed by atoms with Gasteiger partial charge in [-0.2, -0.15) is 17.5 Å². The number of sulfonamides is 1. The van der Waals surface area contributed by atoms with E-state index in [9.17, 15) is 21.6 Å². The van der Waals surface area contributed by atoms with Crippen LogP contribution in [0.2, 0.25) is 0 Å². The predicted octanol–water partition coefficient (Wildman–Crippen LogP) is 4.22. The van der Waals surface area contributed by atoms with E-state index in [0.717, 1.165) is 37.8 Å². The highest BCUT2D eigenvalue weighted by atomic mass is 32.2. The highest BCUT2D eigenvalue weighted by molar-refractivity contribution is 7.89. The molecule has 38 heavy (non-hydrogen) atoms. The number of rotatable bonds is 3. The van der Waals surface area contributed by atoms with Crippen LogP contribution in [0.3, 0.4) is 0 Å². The second-order valence-corrected chi connectivity index (χ2v) is 13.7. The molecule has 212 valence electrons. The third kappa shape index (κ3) is 4.13. The summed E-state index contributed by atoms with van der Waals surface area (Å²) >= 11 is 0. The first-order valence-corrected chi connectivity index (χ1v) is 14.9. The maximum atomic E-state index is 13.2. The van der Waals surface area contributed by atoms with Gasteiger partial charge in [0.2, 0.25) is 15.8 Å². The monoisotopic (exact) mass is 560 g/mol. The molecular weight excluding hydrogens is 525 g/mol. The van der Waals surface area contributed by atoms with Gasteiger partial charge in [-0.1, -0.05) is 19.9 Å². The minimum Gasteiger partial charge on any atom is -0.331 e. The second-order valence-electron chi connectivity index (χ2n) is 11.8. The molecule has 6 fully saturated rings. The molecule has 12 heteroatoms.